The van der Waals surface area contributed by atoms with Gasteiger partial charge in [0.15, 0.2) is 6.61 Å². The molecule has 6 nitrogen and oxygen atoms in total. The van der Waals surface area contributed by atoms with E-state index in [1.54, 1.807) is 48.5 Å². The van der Waals surface area contributed by atoms with Crippen molar-refractivity contribution >= 4 is 17.6 Å². The molecule has 0 fully saturated rings. The van der Waals surface area contributed by atoms with Crippen LogP contribution in [0, 0.1) is 0 Å². The Balaban J connectivity index is 1.95. The van der Waals surface area contributed by atoms with Crippen molar-refractivity contribution in [3.8, 4) is 11.5 Å². The summed E-state index contributed by atoms with van der Waals surface area (Å²) in [5, 5.41) is 11.4. The summed E-state index contributed by atoms with van der Waals surface area (Å²) < 4.78 is 10.7. The Morgan fingerprint density at radius 2 is 1.80 bits per heavy atom. The fourth-order valence-corrected chi connectivity index (χ4v) is 2.05. The van der Waals surface area contributed by atoms with Gasteiger partial charge in [-0.05, 0) is 42.8 Å². The average Bonchev–Trinajstić information content (AvgIpc) is 2.61. The molecule has 2 aromatic rings. The zero-order valence-electron chi connectivity index (χ0n) is 14.0. The summed E-state index contributed by atoms with van der Waals surface area (Å²) in [7, 11) is 0. The average molecular weight is 343 g/mol. The third-order valence-electron chi connectivity index (χ3n) is 3.34. The highest BCUT2D eigenvalue weighted by molar-refractivity contribution is 6.04. The quantitative estimate of drug-likeness (QED) is 0.680. The minimum Gasteiger partial charge on any atom is -0.494 e. The smallest absolute Gasteiger partial charge is 0.341 e. The van der Waals surface area contributed by atoms with E-state index in [1.165, 1.54) is 0 Å². The van der Waals surface area contributed by atoms with Gasteiger partial charge in [0.1, 0.15) is 11.5 Å². The molecule has 2 rings (SSSR count). The Morgan fingerprint density at radius 3 is 2.48 bits per heavy atom. The number of benzene rings is 2. The highest BCUT2D eigenvalue weighted by Crippen LogP contribution is 2.19. The fourth-order valence-electron chi connectivity index (χ4n) is 2.05. The molecular formula is C19H21NO5. The Morgan fingerprint density at radius 1 is 1.04 bits per heavy atom. The van der Waals surface area contributed by atoms with Crippen molar-refractivity contribution in [3.05, 3.63) is 54.1 Å². The van der Waals surface area contributed by atoms with E-state index >= 15 is 0 Å². The third kappa shape index (κ3) is 6.18. The number of hydrogen-bond acceptors (Lipinski definition) is 4. The SMILES string of the molecule is CCCCOc1ccc(C(=O)Nc2cccc(OCC(=O)O)c2)cc1. The lowest BCUT2D eigenvalue weighted by molar-refractivity contribution is -0.139. The van der Waals surface area contributed by atoms with Gasteiger partial charge in [0, 0.05) is 17.3 Å². The van der Waals surface area contributed by atoms with E-state index in [9.17, 15) is 9.59 Å². The molecular weight excluding hydrogens is 322 g/mol. The number of carboxylic acid groups (broad SMARTS) is 1. The van der Waals surface area contributed by atoms with Crippen molar-refractivity contribution in [1.82, 2.24) is 0 Å². The van der Waals surface area contributed by atoms with Crippen LogP contribution in [0.2, 0.25) is 0 Å². The second-order valence-corrected chi connectivity index (χ2v) is 5.39. The Kier molecular flexibility index (Phi) is 6.83. The number of ether oxygens (including phenoxy) is 2. The van der Waals surface area contributed by atoms with E-state index in [1.807, 2.05) is 0 Å². The van der Waals surface area contributed by atoms with E-state index in [-0.39, 0.29) is 5.91 Å². The van der Waals surface area contributed by atoms with Crippen LogP contribution in [0.4, 0.5) is 5.69 Å². The van der Waals surface area contributed by atoms with Gasteiger partial charge in [0.05, 0.1) is 6.61 Å². The molecule has 0 radical (unpaired) electrons. The van der Waals surface area contributed by atoms with Gasteiger partial charge in [0.25, 0.3) is 5.91 Å². The number of nitrogens with one attached hydrogen (secondary N) is 1. The van der Waals surface area contributed by atoms with Crippen LogP contribution in [0.3, 0.4) is 0 Å². The second kappa shape index (κ2) is 9.32. The van der Waals surface area contributed by atoms with Gasteiger partial charge in [0.2, 0.25) is 0 Å². The lowest BCUT2D eigenvalue weighted by Gasteiger charge is -2.09. The molecule has 2 aromatic carbocycles. The first kappa shape index (κ1) is 18.3. The highest BCUT2D eigenvalue weighted by Gasteiger charge is 2.07. The van der Waals surface area contributed by atoms with E-state index in [4.69, 9.17) is 14.6 Å². The standard InChI is InChI=1S/C19H21NO5/c1-2-3-11-24-16-9-7-14(8-10-16)19(23)20-15-5-4-6-17(12-15)25-13-18(21)22/h4-10,12H,2-3,11,13H2,1H3,(H,20,23)(H,21,22). The van der Waals surface area contributed by atoms with Crippen LogP contribution >= 0.6 is 0 Å². The molecule has 132 valence electrons. The third-order valence-corrected chi connectivity index (χ3v) is 3.34. The number of carbonyl (C=O) groups excluding carboxylic acids is 1. The van der Waals surface area contributed by atoms with E-state index in [2.05, 4.69) is 12.2 Å². The lowest BCUT2D eigenvalue weighted by atomic mass is 10.2. The van der Waals surface area contributed by atoms with Gasteiger partial charge < -0.3 is 19.9 Å². The van der Waals surface area contributed by atoms with Gasteiger partial charge in [-0.25, -0.2) is 4.79 Å². The maximum absolute atomic E-state index is 12.3. The van der Waals surface area contributed by atoms with Crippen LogP contribution in [0.25, 0.3) is 0 Å². The van der Waals surface area contributed by atoms with Crippen molar-refractivity contribution in [3.63, 3.8) is 0 Å². The monoisotopic (exact) mass is 343 g/mol. The molecule has 1 amide bonds. The number of carbonyl (C=O) groups is 2. The van der Waals surface area contributed by atoms with Crippen LogP contribution in [0.15, 0.2) is 48.5 Å². The molecule has 0 aliphatic rings. The predicted octanol–water partition coefficient (Wildman–Crippen LogP) is 3.58. The molecule has 0 spiro atoms. The Bertz CT molecular complexity index is 712. The van der Waals surface area contributed by atoms with Gasteiger partial charge in [-0.2, -0.15) is 0 Å². The zero-order chi connectivity index (χ0) is 18.1. The first-order chi connectivity index (χ1) is 12.1. The topological polar surface area (TPSA) is 84.9 Å². The van der Waals surface area contributed by atoms with Crippen LogP contribution in [-0.4, -0.2) is 30.2 Å². The van der Waals surface area contributed by atoms with Crippen molar-refractivity contribution in [1.29, 1.82) is 0 Å². The molecule has 0 aromatic heterocycles. The molecule has 0 saturated carbocycles. The molecule has 0 bridgehead atoms. The zero-order valence-corrected chi connectivity index (χ0v) is 14.0. The molecule has 0 atom stereocenters. The van der Waals surface area contributed by atoms with Crippen molar-refractivity contribution in [2.45, 2.75) is 19.8 Å². The molecule has 0 aliphatic carbocycles. The van der Waals surface area contributed by atoms with Crippen LogP contribution in [0.5, 0.6) is 11.5 Å². The van der Waals surface area contributed by atoms with Crippen molar-refractivity contribution in [2.75, 3.05) is 18.5 Å². The molecule has 0 unspecified atom stereocenters. The van der Waals surface area contributed by atoms with Gasteiger partial charge in [-0.3, -0.25) is 4.79 Å². The Labute approximate surface area is 146 Å². The maximum atomic E-state index is 12.3. The van der Waals surface area contributed by atoms with E-state index < -0.39 is 12.6 Å². The number of amides is 1. The lowest BCUT2D eigenvalue weighted by Crippen LogP contribution is -2.12. The molecule has 0 heterocycles. The summed E-state index contributed by atoms with van der Waals surface area (Å²) in [5.74, 6) is -0.222. The molecule has 25 heavy (non-hydrogen) atoms. The number of unbranched alkanes of at least 4 members (excludes halogenated alkanes) is 1. The van der Waals surface area contributed by atoms with E-state index in [0.717, 1.165) is 18.6 Å². The number of anilines is 1. The van der Waals surface area contributed by atoms with Gasteiger partial charge >= 0.3 is 5.97 Å². The summed E-state index contributed by atoms with van der Waals surface area (Å²) >= 11 is 0. The van der Waals surface area contributed by atoms with Crippen molar-refractivity contribution < 1.29 is 24.2 Å². The summed E-state index contributed by atoms with van der Waals surface area (Å²) in [5.41, 5.74) is 1.02. The molecule has 0 saturated heterocycles. The largest absolute Gasteiger partial charge is 0.494 e. The van der Waals surface area contributed by atoms with Crippen LogP contribution in [-0.2, 0) is 4.79 Å². The maximum Gasteiger partial charge on any atom is 0.341 e. The summed E-state index contributed by atoms with van der Waals surface area (Å²) in [6.45, 7) is 2.32. The Hall–Kier alpha value is -3.02. The first-order valence-electron chi connectivity index (χ1n) is 8.07. The summed E-state index contributed by atoms with van der Waals surface area (Å²) in [4.78, 5) is 22.8. The van der Waals surface area contributed by atoms with E-state index in [0.29, 0.717) is 23.6 Å². The van der Waals surface area contributed by atoms with Crippen LogP contribution in [0.1, 0.15) is 30.1 Å². The normalized spacial score (nSPS) is 10.1. The minimum absolute atomic E-state index is 0.268. The number of hydrogen-bond donors (Lipinski definition) is 2. The van der Waals surface area contributed by atoms with Gasteiger partial charge in [-0.15, -0.1) is 0 Å². The summed E-state index contributed by atoms with van der Waals surface area (Å²) in [6.07, 6.45) is 2.05. The van der Waals surface area contributed by atoms with Crippen molar-refractivity contribution in [2.24, 2.45) is 0 Å². The number of aliphatic carboxylic acids is 1. The molecule has 6 heteroatoms. The number of carboxylic acids is 1. The second-order valence-electron chi connectivity index (χ2n) is 5.39. The molecule has 2 N–H and O–H groups in total. The first-order valence-corrected chi connectivity index (χ1v) is 8.07. The highest BCUT2D eigenvalue weighted by atomic mass is 16.5. The number of rotatable bonds is 9. The fraction of sp³-hybridized carbons (Fsp3) is 0.263. The summed E-state index contributed by atoms with van der Waals surface area (Å²) in [6, 6.07) is 13.5. The van der Waals surface area contributed by atoms with Crippen LogP contribution < -0.4 is 14.8 Å². The molecule has 0 aliphatic heterocycles. The minimum atomic E-state index is -1.06. The predicted molar refractivity (Wildman–Crippen MR) is 94.4 cm³/mol. The van der Waals surface area contributed by atoms with Gasteiger partial charge in [-0.1, -0.05) is 19.4 Å².